The number of piperidine rings is 4. The van der Waals surface area contributed by atoms with Crippen molar-refractivity contribution in [3.8, 4) is 11.8 Å². The lowest BCUT2D eigenvalue weighted by molar-refractivity contribution is -0.135. The van der Waals surface area contributed by atoms with Crippen LogP contribution in [0, 0.1) is 11.3 Å². The first-order valence-electron chi connectivity index (χ1n) is 23.0. The highest BCUT2D eigenvalue weighted by Crippen LogP contribution is 2.38. The van der Waals surface area contributed by atoms with E-state index >= 15 is 4.39 Å². The number of nitrogens with one attached hydrogen (secondary N) is 1. The number of carbonyl (C=O) groups excluding carboxylic acids is 2. The molecule has 1 unspecified atom stereocenters. The van der Waals surface area contributed by atoms with Crippen molar-refractivity contribution >= 4 is 40.4 Å². The van der Waals surface area contributed by atoms with Crippen molar-refractivity contribution in [3.63, 3.8) is 0 Å². The summed E-state index contributed by atoms with van der Waals surface area (Å²) in [6.07, 6.45) is 7.03. The van der Waals surface area contributed by atoms with Gasteiger partial charge in [0.25, 0.3) is 0 Å². The van der Waals surface area contributed by atoms with E-state index < -0.39 is 17.6 Å². The van der Waals surface area contributed by atoms with Gasteiger partial charge in [0.05, 0.1) is 28.4 Å². The number of halogens is 2. The number of aromatic nitrogens is 4. The molecule has 0 aliphatic carbocycles. The predicted octanol–water partition coefficient (Wildman–Crippen LogP) is 7.19. The standard InChI is InChI=1S/C50H57ClFN9O4/c1-49(2,36-27-33(30-53)28-37(51)29-36)35-7-9-40(10-8-35)65-31-38-13-20-54-47(55-38)60-23-16-39(17-24-60)59-25-18-50(52,19-26-59)32-58-21-14-34(15-22-58)41-5-4-6-42-45(41)57(3)48(64)61(42)43-11-12-44(62)56-46(43)63/h4-10,13,20,27-29,34,39,43H,11-12,14-19,21-26,31-32H2,1-3H3,(H,56,62,63). The third-order valence-electron chi connectivity index (χ3n) is 14.6. The summed E-state index contributed by atoms with van der Waals surface area (Å²) in [6, 6.07) is 23.1. The summed E-state index contributed by atoms with van der Waals surface area (Å²) in [5, 5.41) is 12.4. The molecule has 3 aromatic carbocycles. The molecule has 5 aromatic rings. The zero-order valence-electron chi connectivity index (χ0n) is 37.4. The van der Waals surface area contributed by atoms with Crippen molar-refractivity contribution in [1.29, 1.82) is 5.26 Å². The van der Waals surface area contributed by atoms with Crippen molar-refractivity contribution in [2.24, 2.45) is 7.05 Å². The normalized spacial score (nSPS) is 20.5. The molecule has 0 spiro atoms. The Morgan fingerprint density at radius 2 is 1.66 bits per heavy atom. The number of likely N-dealkylation sites (tertiary alicyclic amines) is 2. The lowest BCUT2D eigenvalue weighted by Crippen LogP contribution is -2.53. The fourth-order valence-corrected chi connectivity index (χ4v) is 10.9. The van der Waals surface area contributed by atoms with Crippen LogP contribution < -0.4 is 20.6 Å². The van der Waals surface area contributed by atoms with Gasteiger partial charge in [-0.05, 0) is 123 Å². The number of hydrogen-bond acceptors (Lipinski definition) is 10. The molecule has 0 radical (unpaired) electrons. The minimum absolute atomic E-state index is 0.203. The SMILES string of the molecule is Cn1c(=O)n(C2CCC(=O)NC2=O)c2cccc(C3CCN(CC4(F)CCN(C5CCN(c6nccc(COc7ccc(C(C)(C)c8cc(Cl)cc(C#N)c8)cc7)n6)CC5)CC4)CC3)c21. The molecule has 15 heteroatoms. The Balaban J connectivity index is 0.731. The number of nitrogens with zero attached hydrogens (tertiary/aromatic N) is 8. The zero-order chi connectivity index (χ0) is 45.5. The first kappa shape index (κ1) is 44.6. The molecular weight excluding hydrogens is 845 g/mol. The summed E-state index contributed by atoms with van der Waals surface area (Å²) in [5.41, 5.74) is 4.18. The number of imide groups is 1. The monoisotopic (exact) mass is 901 g/mol. The molecule has 340 valence electrons. The van der Waals surface area contributed by atoms with E-state index in [2.05, 4.69) is 51.0 Å². The summed E-state index contributed by atoms with van der Waals surface area (Å²) < 4.78 is 25.8. The predicted molar refractivity (Wildman–Crippen MR) is 248 cm³/mol. The van der Waals surface area contributed by atoms with Crippen molar-refractivity contribution in [2.75, 3.05) is 50.7 Å². The number of nitriles is 1. The highest BCUT2D eigenvalue weighted by molar-refractivity contribution is 6.30. The average molecular weight is 903 g/mol. The van der Waals surface area contributed by atoms with E-state index in [0.29, 0.717) is 60.5 Å². The zero-order valence-corrected chi connectivity index (χ0v) is 38.2. The fourth-order valence-electron chi connectivity index (χ4n) is 10.6. The number of hydrogen-bond donors (Lipinski definition) is 1. The van der Waals surface area contributed by atoms with Crippen LogP contribution in [0.15, 0.2) is 77.7 Å². The second kappa shape index (κ2) is 18.3. The summed E-state index contributed by atoms with van der Waals surface area (Å²) in [4.78, 5) is 54.5. The largest absolute Gasteiger partial charge is 0.487 e. The Hall–Kier alpha value is -5.62. The van der Waals surface area contributed by atoms with Crippen LogP contribution in [0.2, 0.25) is 5.02 Å². The van der Waals surface area contributed by atoms with Crippen LogP contribution in [0.1, 0.15) is 105 Å². The maximum atomic E-state index is 16.5. The van der Waals surface area contributed by atoms with Gasteiger partial charge in [-0.15, -0.1) is 0 Å². The van der Waals surface area contributed by atoms with Crippen molar-refractivity contribution in [2.45, 2.75) is 101 Å². The molecule has 2 amide bonds. The maximum absolute atomic E-state index is 16.5. The molecule has 4 aliphatic rings. The fraction of sp³-hybridized carbons (Fsp3) is 0.480. The van der Waals surface area contributed by atoms with E-state index in [1.165, 1.54) is 0 Å². The molecule has 0 bridgehead atoms. The number of ether oxygens (including phenoxy) is 1. The Kier molecular flexibility index (Phi) is 12.6. The van der Waals surface area contributed by atoms with Crippen LogP contribution in [0.3, 0.4) is 0 Å². The Labute approximate surface area is 384 Å². The van der Waals surface area contributed by atoms with Crippen LogP contribution in [-0.4, -0.2) is 98.2 Å². The maximum Gasteiger partial charge on any atom is 0.329 e. The van der Waals surface area contributed by atoms with E-state index in [9.17, 15) is 19.6 Å². The first-order valence-corrected chi connectivity index (χ1v) is 23.4. The number of para-hydroxylation sites is 1. The number of fused-ring (bicyclic) bond motifs is 1. The molecule has 4 aliphatic heterocycles. The van der Waals surface area contributed by atoms with Gasteiger partial charge in [-0.3, -0.25) is 24.0 Å². The number of imidazole rings is 1. The van der Waals surface area contributed by atoms with Gasteiger partial charge in [-0.2, -0.15) is 5.26 Å². The van der Waals surface area contributed by atoms with Crippen LogP contribution in [0.25, 0.3) is 11.0 Å². The topological polar surface area (TPSA) is 142 Å². The average Bonchev–Trinajstić information content (AvgIpc) is 3.57. The summed E-state index contributed by atoms with van der Waals surface area (Å²) >= 11 is 6.31. The Bertz CT molecular complexity index is 2670. The lowest BCUT2D eigenvalue weighted by atomic mass is 9.78. The molecule has 1 N–H and O–H groups in total. The number of amides is 2. The highest BCUT2D eigenvalue weighted by atomic mass is 35.5. The molecule has 4 fully saturated rings. The van der Waals surface area contributed by atoms with E-state index in [0.717, 1.165) is 98.6 Å². The molecule has 65 heavy (non-hydrogen) atoms. The molecule has 4 saturated heterocycles. The van der Waals surface area contributed by atoms with Crippen LogP contribution in [0.4, 0.5) is 10.3 Å². The van der Waals surface area contributed by atoms with Crippen molar-refractivity contribution in [1.82, 2.24) is 34.2 Å². The van der Waals surface area contributed by atoms with Crippen LogP contribution >= 0.6 is 11.6 Å². The van der Waals surface area contributed by atoms with Crippen LogP contribution in [0.5, 0.6) is 5.75 Å². The Morgan fingerprint density at radius 1 is 0.923 bits per heavy atom. The van der Waals surface area contributed by atoms with Gasteiger partial charge in [-0.1, -0.05) is 49.7 Å². The smallest absolute Gasteiger partial charge is 0.329 e. The number of rotatable bonds is 11. The van der Waals surface area contributed by atoms with Crippen molar-refractivity contribution in [3.05, 3.63) is 116 Å². The molecule has 1 atom stereocenters. The third kappa shape index (κ3) is 9.28. The highest BCUT2D eigenvalue weighted by Gasteiger charge is 2.40. The van der Waals surface area contributed by atoms with Gasteiger partial charge in [0.1, 0.15) is 24.1 Å². The molecule has 0 saturated carbocycles. The first-order chi connectivity index (χ1) is 31.3. The van der Waals surface area contributed by atoms with Gasteiger partial charge in [0.15, 0.2) is 0 Å². The molecule has 2 aromatic heterocycles. The van der Waals surface area contributed by atoms with Gasteiger partial charge in [-0.25, -0.2) is 19.2 Å². The molecule has 13 nitrogen and oxygen atoms in total. The van der Waals surface area contributed by atoms with E-state index in [1.807, 2.05) is 54.6 Å². The van der Waals surface area contributed by atoms with E-state index in [1.54, 1.807) is 28.4 Å². The van der Waals surface area contributed by atoms with Crippen LogP contribution in [-0.2, 0) is 28.7 Å². The molecule has 9 rings (SSSR count). The molecule has 6 heterocycles. The number of aryl methyl sites for hydroxylation is 1. The second-order valence-corrected chi connectivity index (χ2v) is 19.4. The van der Waals surface area contributed by atoms with Gasteiger partial charge in [0, 0.05) is 68.9 Å². The number of carbonyl (C=O) groups is 2. The number of alkyl halides is 1. The summed E-state index contributed by atoms with van der Waals surface area (Å²) in [7, 11) is 1.75. The summed E-state index contributed by atoms with van der Waals surface area (Å²) in [5.74, 6) is 0.914. The second-order valence-electron chi connectivity index (χ2n) is 19.0. The quantitative estimate of drug-likeness (QED) is 0.136. The van der Waals surface area contributed by atoms with Gasteiger partial charge in [0.2, 0.25) is 17.8 Å². The molecular formula is C50H57ClFN9O4. The Morgan fingerprint density at radius 3 is 2.37 bits per heavy atom. The van der Waals surface area contributed by atoms with Gasteiger partial charge < -0.3 is 19.4 Å². The lowest BCUT2D eigenvalue weighted by Gasteiger charge is -2.45. The summed E-state index contributed by atoms with van der Waals surface area (Å²) in [6.45, 7) is 9.73. The number of benzene rings is 3. The van der Waals surface area contributed by atoms with Gasteiger partial charge >= 0.3 is 5.69 Å². The minimum atomic E-state index is -1.22. The minimum Gasteiger partial charge on any atom is -0.487 e. The van der Waals surface area contributed by atoms with E-state index in [-0.39, 0.29) is 29.4 Å². The van der Waals surface area contributed by atoms with E-state index in [4.69, 9.17) is 21.3 Å². The third-order valence-corrected chi connectivity index (χ3v) is 14.8. The number of anilines is 1. The van der Waals surface area contributed by atoms with Crippen molar-refractivity contribution < 1.29 is 18.7 Å².